The Labute approximate surface area is 165 Å². The smallest absolute Gasteiger partial charge is 0.221 e. The van der Waals surface area contributed by atoms with Gasteiger partial charge in [0.15, 0.2) is 0 Å². The molecule has 0 bridgehead atoms. The van der Waals surface area contributed by atoms with Crippen molar-refractivity contribution in [2.75, 3.05) is 38.5 Å². The summed E-state index contributed by atoms with van der Waals surface area (Å²) in [5, 5.41) is 4.19. The van der Waals surface area contributed by atoms with Gasteiger partial charge in [-0.1, -0.05) is 6.07 Å². The average Bonchev–Trinajstić information content (AvgIpc) is 3.02. The van der Waals surface area contributed by atoms with Crippen molar-refractivity contribution in [2.24, 2.45) is 0 Å². The van der Waals surface area contributed by atoms with Gasteiger partial charge in [0.25, 0.3) is 0 Å². The summed E-state index contributed by atoms with van der Waals surface area (Å²) in [4.78, 5) is 22.7. The first-order valence-electron chi connectivity index (χ1n) is 9.88. The van der Waals surface area contributed by atoms with Crippen molar-refractivity contribution in [1.82, 2.24) is 14.8 Å². The van der Waals surface area contributed by atoms with Gasteiger partial charge in [-0.25, -0.2) is 0 Å². The number of rotatable bonds is 4. The summed E-state index contributed by atoms with van der Waals surface area (Å²) in [5.74, 6) is 0.0122. The Morgan fingerprint density at radius 3 is 2.70 bits per heavy atom. The average molecular weight is 385 g/mol. The van der Waals surface area contributed by atoms with Crippen LogP contribution in [-0.4, -0.2) is 53.9 Å². The molecule has 4 rings (SSSR count). The van der Waals surface area contributed by atoms with Crippen LogP contribution >= 0.6 is 11.3 Å². The van der Waals surface area contributed by atoms with E-state index < -0.39 is 0 Å². The monoisotopic (exact) mass is 384 g/mol. The molecule has 1 atom stereocenters. The Hall–Kier alpha value is -1.76. The van der Waals surface area contributed by atoms with Crippen LogP contribution in [0.4, 0.5) is 5.00 Å². The highest BCUT2D eigenvalue weighted by atomic mass is 32.1. The quantitative estimate of drug-likeness (QED) is 0.879. The number of hydrogen-bond acceptors (Lipinski definition) is 5. The summed E-state index contributed by atoms with van der Waals surface area (Å²) in [5.41, 5.74) is 4.02. The molecule has 1 saturated heterocycles. The molecular weight excluding hydrogens is 356 g/mol. The number of nitrogens with one attached hydrogen (secondary N) is 1. The number of carbonyl (C=O) groups excluding carboxylic acids is 1. The van der Waals surface area contributed by atoms with Gasteiger partial charge in [-0.3, -0.25) is 14.7 Å². The molecule has 1 aliphatic heterocycles. The molecular formula is C21H28N4OS. The largest absolute Gasteiger partial charge is 0.318 e. The summed E-state index contributed by atoms with van der Waals surface area (Å²) in [7, 11) is 2.19. The van der Waals surface area contributed by atoms with Crippen molar-refractivity contribution in [2.45, 2.75) is 38.6 Å². The summed E-state index contributed by atoms with van der Waals surface area (Å²) in [6.45, 7) is 5.80. The Balaban J connectivity index is 1.82. The fourth-order valence-electron chi connectivity index (χ4n) is 4.31. The lowest BCUT2D eigenvalue weighted by atomic mass is 9.89. The summed E-state index contributed by atoms with van der Waals surface area (Å²) in [6.07, 6.45) is 8.56. The first-order chi connectivity index (χ1) is 13.1. The predicted molar refractivity (Wildman–Crippen MR) is 110 cm³/mol. The molecule has 1 N–H and O–H groups in total. The molecule has 0 spiro atoms. The van der Waals surface area contributed by atoms with Crippen LogP contribution in [0.5, 0.6) is 0 Å². The molecule has 2 aromatic rings. The van der Waals surface area contributed by atoms with Gasteiger partial charge in [0.2, 0.25) is 5.91 Å². The fourth-order valence-corrected chi connectivity index (χ4v) is 5.68. The maximum Gasteiger partial charge on any atom is 0.221 e. The zero-order valence-corrected chi connectivity index (χ0v) is 17.0. The minimum absolute atomic E-state index is 0.0122. The SMILES string of the molecule is CC(=O)Nc1sc2c(c1[C@@H](c1cccnc1)N1CCN(C)CC1)CCCC2. The van der Waals surface area contributed by atoms with Gasteiger partial charge in [0.1, 0.15) is 5.00 Å². The van der Waals surface area contributed by atoms with Crippen molar-refractivity contribution < 1.29 is 4.79 Å². The van der Waals surface area contributed by atoms with E-state index in [0.717, 1.165) is 44.0 Å². The summed E-state index contributed by atoms with van der Waals surface area (Å²) < 4.78 is 0. The molecule has 1 fully saturated rings. The van der Waals surface area contributed by atoms with Gasteiger partial charge < -0.3 is 10.2 Å². The van der Waals surface area contributed by atoms with E-state index in [9.17, 15) is 4.79 Å². The number of thiophene rings is 1. The molecule has 0 radical (unpaired) electrons. The van der Waals surface area contributed by atoms with Gasteiger partial charge >= 0.3 is 0 Å². The van der Waals surface area contributed by atoms with Gasteiger partial charge in [-0.15, -0.1) is 11.3 Å². The lowest BCUT2D eigenvalue weighted by Crippen LogP contribution is -2.46. The van der Waals surface area contributed by atoms with Crippen LogP contribution in [0.3, 0.4) is 0 Å². The molecule has 2 aromatic heterocycles. The van der Waals surface area contributed by atoms with E-state index in [2.05, 4.69) is 33.2 Å². The molecule has 0 aromatic carbocycles. The number of nitrogens with zero attached hydrogens (tertiary/aromatic N) is 3. The third kappa shape index (κ3) is 3.93. The molecule has 1 amide bonds. The van der Waals surface area contributed by atoms with Crippen LogP contribution < -0.4 is 5.32 Å². The van der Waals surface area contributed by atoms with Crippen LogP contribution in [0.1, 0.15) is 47.4 Å². The predicted octanol–water partition coefficient (Wildman–Crippen LogP) is 3.32. The minimum atomic E-state index is 0.0122. The van der Waals surface area contributed by atoms with E-state index in [4.69, 9.17) is 0 Å². The van der Waals surface area contributed by atoms with E-state index in [1.807, 2.05) is 18.5 Å². The zero-order chi connectivity index (χ0) is 18.8. The van der Waals surface area contributed by atoms with Crippen LogP contribution in [0.25, 0.3) is 0 Å². The van der Waals surface area contributed by atoms with Gasteiger partial charge in [0, 0.05) is 55.9 Å². The Morgan fingerprint density at radius 1 is 1.22 bits per heavy atom. The van der Waals surface area contributed by atoms with E-state index >= 15 is 0 Å². The molecule has 6 heteroatoms. The molecule has 27 heavy (non-hydrogen) atoms. The summed E-state index contributed by atoms with van der Waals surface area (Å²) >= 11 is 1.79. The number of hydrogen-bond donors (Lipinski definition) is 1. The molecule has 0 unspecified atom stereocenters. The van der Waals surface area contributed by atoms with E-state index in [-0.39, 0.29) is 11.9 Å². The van der Waals surface area contributed by atoms with Crippen LogP contribution in [0, 0.1) is 0 Å². The second-order valence-electron chi connectivity index (χ2n) is 7.66. The Kier molecular flexibility index (Phi) is 5.57. The number of anilines is 1. The van der Waals surface area contributed by atoms with Crippen molar-refractivity contribution in [3.63, 3.8) is 0 Å². The number of aryl methyl sites for hydroxylation is 1. The third-order valence-corrected chi connectivity index (χ3v) is 6.90. The number of likely N-dealkylation sites (N-methyl/N-ethyl adjacent to an activating group) is 1. The van der Waals surface area contributed by atoms with Crippen molar-refractivity contribution in [3.8, 4) is 0 Å². The molecule has 2 aliphatic rings. The fraction of sp³-hybridized carbons (Fsp3) is 0.524. The summed E-state index contributed by atoms with van der Waals surface area (Å²) in [6, 6.07) is 4.36. The first-order valence-corrected chi connectivity index (χ1v) is 10.7. The van der Waals surface area contributed by atoms with Crippen molar-refractivity contribution in [3.05, 3.63) is 46.1 Å². The van der Waals surface area contributed by atoms with Crippen molar-refractivity contribution in [1.29, 1.82) is 0 Å². The number of aromatic nitrogens is 1. The standard InChI is InChI=1S/C21H28N4OS/c1-15(26)23-21-19(17-7-3-4-8-18(17)27-21)20(16-6-5-9-22-14-16)25-12-10-24(2)11-13-25/h5-6,9,14,20H,3-4,7-8,10-13H2,1-2H3,(H,23,26)/t20-/m1/s1. The number of carbonyl (C=O) groups is 1. The van der Waals surface area contributed by atoms with Gasteiger partial charge in [-0.2, -0.15) is 0 Å². The normalized spacial score (nSPS) is 19.5. The number of fused-ring (bicyclic) bond motifs is 1. The maximum atomic E-state index is 11.9. The van der Waals surface area contributed by atoms with Crippen LogP contribution in [0.2, 0.25) is 0 Å². The van der Waals surface area contributed by atoms with Gasteiger partial charge in [0.05, 0.1) is 6.04 Å². The zero-order valence-electron chi connectivity index (χ0n) is 16.2. The number of pyridine rings is 1. The highest BCUT2D eigenvalue weighted by Gasteiger charge is 2.33. The second-order valence-corrected chi connectivity index (χ2v) is 8.77. The Morgan fingerprint density at radius 2 is 2.00 bits per heavy atom. The lowest BCUT2D eigenvalue weighted by Gasteiger charge is -2.39. The lowest BCUT2D eigenvalue weighted by molar-refractivity contribution is -0.114. The first kappa shape index (κ1) is 18.6. The molecule has 3 heterocycles. The molecule has 144 valence electrons. The minimum Gasteiger partial charge on any atom is -0.318 e. The van der Waals surface area contributed by atoms with E-state index in [1.54, 1.807) is 18.3 Å². The van der Waals surface area contributed by atoms with Gasteiger partial charge in [-0.05, 0) is 49.9 Å². The van der Waals surface area contributed by atoms with E-state index in [1.165, 1.54) is 34.4 Å². The van der Waals surface area contributed by atoms with E-state index in [0.29, 0.717) is 0 Å². The Bertz CT molecular complexity index is 796. The number of piperazine rings is 1. The van der Waals surface area contributed by atoms with Crippen LogP contribution in [0.15, 0.2) is 24.5 Å². The van der Waals surface area contributed by atoms with Crippen molar-refractivity contribution >= 4 is 22.2 Å². The maximum absolute atomic E-state index is 11.9. The second kappa shape index (κ2) is 8.09. The highest BCUT2D eigenvalue weighted by molar-refractivity contribution is 7.16. The molecule has 5 nitrogen and oxygen atoms in total. The van der Waals surface area contributed by atoms with Crippen LogP contribution in [-0.2, 0) is 17.6 Å². The highest BCUT2D eigenvalue weighted by Crippen LogP contribution is 2.45. The molecule has 1 aliphatic carbocycles. The number of amides is 1. The topological polar surface area (TPSA) is 48.5 Å². The third-order valence-electron chi connectivity index (χ3n) is 5.68. The molecule has 0 saturated carbocycles.